The van der Waals surface area contributed by atoms with Crippen LogP contribution in [-0.4, -0.2) is 15.3 Å². The van der Waals surface area contributed by atoms with Crippen molar-refractivity contribution in [2.45, 2.75) is 13.8 Å². The van der Waals surface area contributed by atoms with E-state index in [9.17, 15) is 4.79 Å². The van der Waals surface area contributed by atoms with E-state index in [4.69, 9.17) is 12.2 Å². The molecule has 60 valence electrons. The molecule has 0 aromatic carbocycles. The van der Waals surface area contributed by atoms with Gasteiger partial charge >= 0.3 is 0 Å². The van der Waals surface area contributed by atoms with Crippen LogP contribution >= 0.6 is 12.2 Å². The lowest BCUT2D eigenvalue weighted by molar-refractivity contribution is 0.100. The molecular weight excluding hydrogens is 160 g/mol. The maximum absolute atomic E-state index is 11.0. The number of nitrogens with zero attached hydrogens (tertiary/aromatic N) is 1. The van der Waals surface area contributed by atoms with Crippen molar-refractivity contribution >= 4 is 18.0 Å². The highest BCUT2D eigenvalue weighted by molar-refractivity contribution is 7.71. The standard InChI is InChI=1S/C7H10N2OS/c1-4-6(5(2)10)9(3)7(11)8-4/h1-3H3,(H,8,11). The molecule has 1 rings (SSSR count). The van der Waals surface area contributed by atoms with Crippen LogP contribution in [0.4, 0.5) is 0 Å². The molecule has 0 bridgehead atoms. The van der Waals surface area contributed by atoms with Crippen molar-refractivity contribution in [2.24, 2.45) is 7.05 Å². The fraction of sp³-hybridized carbons (Fsp3) is 0.429. The van der Waals surface area contributed by atoms with E-state index in [2.05, 4.69) is 4.98 Å². The Hall–Kier alpha value is -0.900. The highest BCUT2D eigenvalue weighted by atomic mass is 32.1. The van der Waals surface area contributed by atoms with E-state index in [0.29, 0.717) is 10.5 Å². The molecule has 3 nitrogen and oxygen atoms in total. The molecule has 11 heavy (non-hydrogen) atoms. The number of imidazole rings is 1. The topological polar surface area (TPSA) is 37.8 Å². The Morgan fingerprint density at radius 2 is 2.18 bits per heavy atom. The smallest absolute Gasteiger partial charge is 0.177 e. The molecule has 0 aliphatic rings. The Morgan fingerprint density at radius 1 is 1.64 bits per heavy atom. The molecule has 0 unspecified atom stereocenters. The van der Waals surface area contributed by atoms with E-state index in [1.807, 2.05) is 6.92 Å². The molecule has 0 amide bonds. The summed E-state index contributed by atoms with van der Waals surface area (Å²) < 4.78 is 2.28. The third-order valence-electron chi connectivity index (χ3n) is 1.62. The van der Waals surface area contributed by atoms with E-state index in [-0.39, 0.29) is 5.78 Å². The number of carbonyl (C=O) groups excluding carboxylic acids is 1. The van der Waals surface area contributed by atoms with Crippen LogP contribution in [0.25, 0.3) is 0 Å². The van der Waals surface area contributed by atoms with Crippen LogP contribution in [-0.2, 0) is 7.05 Å². The van der Waals surface area contributed by atoms with Crippen molar-refractivity contribution in [1.82, 2.24) is 9.55 Å². The molecule has 1 aromatic rings. The summed E-state index contributed by atoms with van der Waals surface area (Å²) in [5.41, 5.74) is 1.50. The summed E-state index contributed by atoms with van der Waals surface area (Å²) in [5, 5.41) is 0. The number of aryl methyl sites for hydroxylation is 1. The van der Waals surface area contributed by atoms with E-state index in [1.54, 1.807) is 11.6 Å². The molecule has 0 aliphatic carbocycles. The van der Waals surface area contributed by atoms with Crippen molar-refractivity contribution < 1.29 is 4.79 Å². The van der Waals surface area contributed by atoms with Crippen LogP contribution in [0.15, 0.2) is 0 Å². The first kappa shape index (κ1) is 8.20. The molecule has 4 heteroatoms. The first-order valence-electron chi connectivity index (χ1n) is 3.30. The first-order chi connectivity index (χ1) is 5.04. The lowest BCUT2D eigenvalue weighted by Crippen LogP contribution is -2.02. The maximum Gasteiger partial charge on any atom is 0.177 e. The predicted octanol–water partition coefficient (Wildman–Crippen LogP) is 1.59. The molecule has 1 aromatic heterocycles. The maximum atomic E-state index is 11.0. The normalized spacial score (nSPS) is 10.1. The fourth-order valence-corrected chi connectivity index (χ4v) is 1.40. The van der Waals surface area contributed by atoms with E-state index >= 15 is 0 Å². The molecule has 0 aliphatic heterocycles. The summed E-state index contributed by atoms with van der Waals surface area (Å²) in [5.74, 6) is 0.0392. The SMILES string of the molecule is CC(=O)c1c(C)[nH]c(=S)n1C. The summed E-state index contributed by atoms with van der Waals surface area (Å²) >= 11 is 4.94. The number of nitrogens with one attached hydrogen (secondary N) is 1. The molecule has 0 spiro atoms. The Balaban J connectivity index is 3.46. The minimum Gasteiger partial charge on any atom is -0.334 e. The van der Waals surface area contributed by atoms with Crippen LogP contribution in [0.3, 0.4) is 0 Å². The molecule has 1 N–H and O–H groups in total. The Bertz CT molecular complexity index is 348. The van der Waals surface area contributed by atoms with Gasteiger partial charge in [-0.3, -0.25) is 4.79 Å². The van der Waals surface area contributed by atoms with Crippen LogP contribution < -0.4 is 0 Å². The van der Waals surface area contributed by atoms with Crippen molar-refractivity contribution in [2.75, 3.05) is 0 Å². The lowest BCUT2D eigenvalue weighted by atomic mass is 10.2. The Morgan fingerprint density at radius 3 is 2.36 bits per heavy atom. The van der Waals surface area contributed by atoms with Gasteiger partial charge in [0.2, 0.25) is 0 Å². The second-order valence-electron chi connectivity index (χ2n) is 2.52. The van der Waals surface area contributed by atoms with Gasteiger partial charge in [0.05, 0.1) is 0 Å². The fourth-order valence-electron chi connectivity index (χ4n) is 1.16. The monoisotopic (exact) mass is 170 g/mol. The summed E-state index contributed by atoms with van der Waals surface area (Å²) in [7, 11) is 1.78. The van der Waals surface area contributed by atoms with Gasteiger partial charge < -0.3 is 9.55 Å². The zero-order valence-corrected chi connectivity index (χ0v) is 7.58. The van der Waals surface area contributed by atoms with Gasteiger partial charge in [0.1, 0.15) is 5.69 Å². The number of aromatic nitrogens is 2. The van der Waals surface area contributed by atoms with Gasteiger partial charge in [-0.2, -0.15) is 0 Å². The third-order valence-corrected chi connectivity index (χ3v) is 2.00. The quantitative estimate of drug-likeness (QED) is 0.513. The lowest BCUT2D eigenvalue weighted by Gasteiger charge is -1.96. The average Bonchev–Trinajstić information content (AvgIpc) is 2.07. The molecule has 0 atom stereocenters. The van der Waals surface area contributed by atoms with Crippen LogP contribution in [0.1, 0.15) is 23.1 Å². The molecule has 1 heterocycles. The van der Waals surface area contributed by atoms with Crippen molar-refractivity contribution in [1.29, 1.82) is 0 Å². The number of aromatic amines is 1. The van der Waals surface area contributed by atoms with Crippen molar-refractivity contribution in [3.05, 3.63) is 16.2 Å². The van der Waals surface area contributed by atoms with Gasteiger partial charge in [0.15, 0.2) is 10.6 Å². The first-order valence-corrected chi connectivity index (χ1v) is 3.71. The van der Waals surface area contributed by atoms with Crippen LogP contribution in [0.5, 0.6) is 0 Å². The van der Waals surface area contributed by atoms with Crippen LogP contribution in [0, 0.1) is 11.7 Å². The van der Waals surface area contributed by atoms with Crippen molar-refractivity contribution in [3.63, 3.8) is 0 Å². The molecule has 0 saturated carbocycles. The highest BCUT2D eigenvalue weighted by Crippen LogP contribution is 2.06. The van der Waals surface area contributed by atoms with Crippen LogP contribution in [0.2, 0.25) is 0 Å². The summed E-state index contributed by atoms with van der Waals surface area (Å²) in [6, 6.07) is 0. The van der Waals surface area contributed by atoms with Gasteiger partial charge in [-0.05, 0) is 19.1 Å². The second-order valence-corrected chi connectivity index (χ2v) is 2.91. The number of rotatable bonds is 1. The van der Waals surface area contributed by atoms with E-state index in [1.165, 1.54) is 6.92 Å². The van der Waals surface area contributed by atoms with E-state index in [0.717, 1.165) is 5.69 Å². The second kappa shape index (κ2) is 2.62. The zero-order chi connectivity index (χ0) is 8.59. The number of carbonyl (C=O) groups is 1. The number of hydrogen-bond acceptors (Lipinski definition) is 2. The minimum atomic E-state index is 0.0392. The summed E-state index contributed by atoms with van der Waals surface area (Å²) in [6.45, 7) is 3.37. The third kappa shape index (κ3) is 1.26. The number of hydrogen-bond donors (Lipinski definition) is 1. The van der Waals surface area contributed by atoms with Gasteiger partial charge in [-0.1, -0.05) is 0 Å². The minimum absolute atomic E-state index is 0.0392. The zero-order valence-electron chi connectivity index (χ0n) is 6.76. The number of Topliss-reactive ketones (excluding diaryl/α,β-unsaturated/α-hetero) is 1. The molecule has 0 radical (unpaired) electrons. The summed E-state index contributed by atoms with van der Waals surface area (Å²) in [4.78, 5) is 13.9. The average molecular weight is 170 g/mol. The molecule has 0 fully saturated rings. The number of ketones is 1. The largest absolute Gasteiger partial charge is 0.334 e. The molecule has 0 saturated heterocycles. The van der Waals surface area contributed by atoms with Gasteiger partial charge in [-0.25, -0.2) is 0 Å². The predicted molar refractivity (Wildman–Crippen MR) is 45.3 cm³/mol. The van der Waals surface area contributed by atoms with Crippen molar-refractivity contribution in [3.8, 4) is 0 Å². The Kier molecular flexibility index (Phi) is 1.95. The van der Waals surface area contributed by atoms with Gasteiger partial charge in [0.25, 0.3) is 0 Å². The molecular formula is C7H10N2OS. The summed E-state index contributed by atoms with van der Waals surface area (Å²) in [6.07, 6.45) is 0. The van der Waals surface area contributed by atoms with Gasteiger partial charge in [0, 0.05) is 19.7 Å². The van der Waals surface area contributed by atoms with Gasteiger partial charge in [-0.15, -0.1) is 0 Å². The number of H-pyrrole nitrogens is 1. The van der Waals surface area contributed by atoms with E-state index < -0.39 is 0 Å². The Labute approximate surface area is 70.1 Å². The highest BCUT2D eigenvalue weighted by Gasteiger charge is 2.08.